The molecule has 1 amide bonds. The number of aromatic nitrogens is 2. The fraction of sp³-hybridized carbons (Fsp3) is 0.462. The molecule has 2 aliphatic heterocycles. The molecule has 0 unspecified atom stereocenters. The van der Waals surface area contributed by atoms with E-state index in [1.807, 2.05) is 4.90 Å². The van der Waals surface area contributed by atoms with Gasteiger partial charge in [0.05, 0.1) is 40.4 Å². The highest BCUT2D eigenvalue weighted by atomic mass is 35.5. The minimum absolute atomic E-state index is 0.142. The third-order valence-corrected chi connectivity index (χ3v) is 8.29. The van der Waals surface area contributed by atoms with Crippen molar-refractivity contribution in [1.82, 2.24) is 14.5 Å². The normalized spacial score (nSPS) is 17.6. The maximum absolute atomic E-state index is 13.3. The van der Waals surface area contributed by atoms with Crippen LogP contribution in [0.4, 0.5) is 13.2 Å². The van der Waals surface area contributed by atoms with Crippen LogP contribution in [0.5, 0.6) is 0 Å². The molecule has 0 bridgehead atoms. The summed E-state index contributed by atoms with van der Waals surface area (Å²) in [5.74, 6) is 1.54. The zero-order chi connectivity index (χ0) is 25.8. The Kier molecular flexibility index (Phi) is 6.72. The van der Waals surface area contributed by atoms with Gasteiger partial charge in [-0.2, -0.15) is 13.2 Å². The van der Waals surface area contributed by atoms with Crippen molar-refractivity contribution in [2.24, 2.45) is 18.9 Å². The summed E-state index contributed by atoms with van der Waals surface area (Å²) in [6.45, 7) is 4.56. The number of nitrogens with zero attached hydrogens (tertiary/aromatic N) is 3. The van der Waals surface area contributed by atoms with E-state index < -0.39 is 11.7 Å². The lowest BCUT2D eigenvalue weighted by atomic mass is 9.83. The molecule has 36 heavy (non-hydrogen) atoms. The van der Waals surface area contributed by atoms with Crippen LogP contribution < -0.4 is 0 Å². The summed E-state index contributed by atoms with van der Waals surface area (Å²) in [6, 6.07) is 5.47. The molecule has 2 aliphatic rings. The molecule has 0 saturated carbocycles. The van der Waals surface area contributed by atoms with Crippen molar-refractivity contribution in [3.05, 3.63) is 62.4 Å². The molecule has 0 N–H and O–H groups in total. The van der Waals surface area contributed by atoms with E-state index in [0.717, 1.165) is 38.2 Å². The number of amides is 1. The van der Waals surface area contributed by atoms with E-state index in [1.54, 1.807) is 30.7 Å². The number of benzene rings is 2. The molecule has 10 heteroatoms. The minimum Gasteiger partial charge on any atom is -0.381 e. The van der Waals surface area contributed by atoms with Crippen molar-refractivity contribution in [1.29, 1.82) is 0 Å². The number of alkyl halides is 3. The quantitative estimate of drug-likeness (QED) is 0.391. The molecule has 2 saturated heterocycles. The Morgan fingerprint density at radius 1 is 1.14 bits per heavy atom. The van der Waals surface area contributed by atoms with Gasteiger partial charge in [-0.25, -0.2) is 4.98 Å². The van der Waals surface area contributed by atoms with E-state index in [2.05, 4.69) is 4.98 Å². The molecule has 3 heterocycles. The summed E-state index contributed by atoms with van der Waals surface area (Å²) in [4.78, 5) is 19.7. The summed E-state index contributed by atoms with van der Waals surface area (Å²) in [5, 5.41) is 0.627. The predicted octanol–water partition coefficient (Wildman–Crippen LogP) is 6.30. The van der Waals surface area contributed by atoms with Gasteiger partial charge in [-0.1, -0.05) is 23.2 Å². The summed E-state index contributed by atoms with van der Waals surface area (Å²) < 4.78 is 46.9. The van der Waals surface area contributed by atoms with E-state index in [9.17, 15) is 18.0 Å². The van der Waals surface area contributed by atoms with Crippen LogP contribution in [0.2, 0.25) is 10.0 Å². The number of carbonyl (C=O) groups is 1. The number of hydrogen-bond acceptors (Lipinski definition) is 3. The van der Waals surface area contributed by atoms with Crippen molar-refractivity contribution < 1.29 is 22.7 Å². The lowest BCUT2D eigenvalue weighted by molar-refractivity contribution is -0.137. The van der Waals surface area contributed by atoms with Crippen LogP contribution in [0, 0.1) is 18.8 Å². The number of hydrogen-bond donors (Lipinski definition) is 0. The van der Waals surface area contributed by atoms with Gasteiger partial charge in [-0.15, -0.1) is 0 Å². The molecular weight excluding hydrogens is 514 g/mol. The van der Waals surface area contributed by atoms with Crippen molar-refractivity contribution in [3.8, 4) is 0 Å². The van der Waals surface area contributed by atoms with Crippen molar-refractivity contribution in [2.75, 3.05) is 26.3 Å². The molecule has 1 aromatic heterocycles. The Morgan fingerprint density at radius 3 is 2.44 bits per heavy atom. The monoisotopic (exact) mass is 539 g/mol. The van der Waals surface area contributed by atoms with Gasteiger partial charge in [0.2, 0.25) is 0 Å². The summed E-state index contributed by atoms with van der Waals surface area (Å²) in [5.41, 5.74) is 1.46. The van der Waals surface area contributed by atoms with Crippen LogP contribution in [-0.4, -0.2) is 46.7 Å². The number of ether oxygens (including phenoxy) is 1. The highest BCUT2D eigenvalue weighted by Crippen LogP contribution is 2.36. The topological polar surface area (TPSA) is 47.4 Å². The van der Waals surface area contributed by atoms with Crippen molar-refractivity contribution >= 4 is 40.1 Å². The Bertz CT molecular complexity index is 1330. The van der Waals surface area contributed by atoms with Gasteiger partial charge < -0.3 is 14.2 Å². The molecule has 192 valence electrons. The first-order chi connectivity index (χ1) is 17.0. The second-order valence-electron chi connectivity index (χ2n) is 9.74. The van der Waals surface area contributed by atoms with Crippen molar-refractivity contribution in [3.63, 3.8) is 0 Å². The van der Waals surface area contributed by atoms with E-state index in [-0.39, 0.29) is 17.4 Å². The maximum Gasteiger partial charge on any atom is 0.416 e. The minimum atomic E-state index is -4.45. The molecule has 2 aromatic carbocycles. The summed E-state index contributed by atoms with van der Waals surface area (Å²) >= 11 is 13.2. The number of carbonyl (C=O) groups excluding carboxylic acids is 1. The first-order valence-electron chi connectivity index (χ1n) is 11.9. The van der Waals surface area contributed by atoms with E-state index in [4.69, 9.17) is 27.9 Å². The average Bonchev–Trinajstić information content (AvgIpc) is 3.11. The first kappa shape index (κ1) is 25.4. The molecule has 2 fully saturated rings. The number of fused-ring (bicyclic) bond motifs is 1. The first-order valence-corrected chi connectivity index (χ1v) is 12.7. The summed E-state index contributed by atoms with van der Waals surface area (Å²) in [7, 11) is 1.67. The van der Waals surface area contributed by atoms with Crippen LogP contribution in [0.1, 0.15) is 45.7 Å². The lowest BCUT2D eigenvalue weighted by Crippen LogP contribution is -2.44. The van der Waals surface area contributed by atoms with Gasteiger partial charge in [0.1, 0.15) is 5.82 Å². The number of rotatable bonds is 4. The third-order valence-electron chi connectivity index (χ3n) is 7.51. The van der Waals surface area contributed by atoms with Crippen molar-refractivity contribution in [2.45, 2.75) is 32.4 Å². The average molecular weight is 540 g/mol. The van der Waals surface area contributed by atoms with Gasteiger partial charge in [-0.3, -0.25) is 4.79 Å². The second kappa shape index (κ2) is 9.54. The second-order valence-corrected chi connectivity index (χ2v) is 10.5. The Hall–Kier alpha value is -2.29. The molecule has 0 aliphatic carbocycles. The fourth-order valence-electron chi connectivity index (χ4n) is 5.18. The van der Waals surface area contributed by atoms with Gasteiger partial charge in [0.15, 0.2) is 0 Å². The Balaban J connectivity index is 1.41. The Morgan fingerprint density at radius 2 is 1.83 bits per heavy atom. The lowest BCUT2D eigenvalue weighted by Gasteiger charge is -2.39. The van der Waals surface area contributed by atoms with Gasteiger partial charge >= 0.3 is 6.18 Å². The van der Waals surface area contributed by atoms with Crippen LogP contribution in [0.25, 0.3) is 11.0 Å². The molecule has 0 spiro atoms. The van der Waals surface area contributed by atoms with Gasteiger partial charge in [0.25, 0.3) is 5.91 Å². The van der Waals surface area contributed by atoms with Crippen LogP contribution in [-0.2, 0) is 24.4 Å². The molecule has 0 radical (unpaired) electrons. The molecule has 0 atom stereocenters. The third kappa shape index (κ3) is 4.59. The van der Waals surface area contributed by atoms with E-state index >= 15 is 0 Å². The number of aryl methyl sites for hydroxylation is 2. The molecule has 5 rings (SSSR count). The smallest absolute Gasteiger partial charge is 0.381 e. The van der Waals surface area contributed by atoms with E-state index in [0.29, 0.717) is 63.5 Å². The SMILES string of the molecule is Cc1cc(C(F)(F)F)cc2c1nc(Cc1c(Cl)ccc(C(=O)N3CCC(C4COC4)CC3)c1Cl)n2C. The fourth-order valence-corrected chi connectivity index (χ4v) is 5.77. The molecular formula is C26H26Cl2F3N3O2. The standard InChI is InChI=1S/C26H26Cl2F3N3O2/c1-14-9-17(26(29,30)31)10-21-24(14)32-22(33(21)2)11-19-20(27)4-3-18(23(19)28)25(35)34-7-5-15(6-8-34)16-12-36-13-16/h3-4,9-10,15-16H,5-8,11-13H2,1-2H3. The summed E-state index contributed by atoms with van der Waals surface area (Å²) in [6.07, 6.45) is -2.40. The van der Waals surface area contributed by atoms with Crippen LogP contribution in [0.15, 0.2) is 24.3 Å². The largest absolute Gasteiger partial charge is 0.416 e. The predicted molar refractivity (Wildman–Crippen MR) is 133 cm³/mol. The van der Waals surface area contributed by atoms with Crippen LogP contribution in [0.3, 0.4) is 0 Å². The number of imidazole rings is 1. The Labute approximate surface area is 217 Å². The van der Waals surface area contributed by atoms with Gasteiger partial charge in [-0.05, 0) is 61.1 Å². The zero-order valence-corrected chi connectivity index (χ0v) is 21.5. The number of likely N-dealkylation sites (tertiary alicyclic amines) is 1. The highest BCUT2D eigenvalue weighted by molar-refractivity contribution is 6.38. The van der Waals surface area contributed by atoms with Gasteiger partial charge in [0, 0.05) is 37.5 Å². The van der Waals surface area contributed by atoms with E-state index in [1.165, 1.54) is 0 Å². The maximum atomic E-state index is 13.3. The highest BCUT2D eigenvalue weighted by Gasteiger charge is 2.34. The number of halogens is 5. The number of piperidine rings is 1. The zero-order valence-electron chi connectivity index (χ0n) is 20.0. The van der Waals surface area contributed by atoms with Crippen LogP contribution >= 0.6 is 23.2 Å². The molecule has 3 aromatic rings. The molecule has 5 nitrogen and oxygen atoms in total.